The van der Waals surface area contributed by atoms with Gasteiger partial charge in [-0.05, 0) is 38.3 Å². The van der Waals surface area contributed by atoms with E-state index in [-0.39, 0.29) is 12.1 Å². The van der Waals surface area contributed by atoms with Gasteiger partial charge in [-0.2, -0.15) is 0 Å². The van der Waals surface area contributed by atoms with Crippen LogP contribution in [0.4, 0.5) is 0 Å². The van der Waals surface area contributed by atoms with Crippen LogP contribution in [0.2, 0.25) is 0 Å². The molecule has 0 spiro atoms. The van der Waals surface area contributed by atoms with E-state index in [1.165, 1.54) is 24.0 Å². The molecule has 1 heterocycles. The Bertz CT molecular complexity index is 312. The fraction of sp³-hybridized carbons (Fsp3) is 0.538. The average Bonchev–Trinajstić information content (AvgIpc) is 2.31. The lowest BCUT2D eigenvalue weighted by atomic mass is 9.83. The van der Waals surface area contributed by atoms with Crippen LogP contribution in [0.1, 0.15) is 30.4 Å². The van der Waals surface area contributed by atoms with E-state index in [4.69, 9.17) is 0 Å². The maximum Gasteiger partial charge on any atom is 0.0669 e. The summed E-state index contributed by atoms with van der Waals surface area (Å²) >= 11 is 0. The van der Waals surface area contributed by atoms with E-state index in [1.54, 1.807) is 0 Å². The van der Waals surface area contributed by atoms with Crippen molar-refractivity contribution in [2.24, 2.45) is 0 Å². The average molecular weight is 205 g/mol. The second kappa shape index (κ2) is 4.33. The summed E-state index contributed by atoms with van der Waals surface area (Å²) in [6, 6.07) is 8.49. The highest BCUT2D eigenvalue weighted by Gasteiger charge is 2.32. The fourth-order valence-corrected chi connectivity index (χ4v) is 2.31. The number of nitrogens with one attached hydrogen (secondary N) is 1. The number of aliphatic hydroxyl groups is 1. The lowest BCUT2D eigenvalue weighted by molar-refractivity contribution is 0.131. The van der Waals surface area contributed by atoms with Gasteiger partial charge in [0.2, 0.25) is 0 Å². The molecule has 2 rings (SSSR count). The summed E-state index contributed by atoms with van der Waals surface area (Å²) in [5.41, 5.74) is 2.30. The van der Waals surface area contributed by atoms with E-state index in [0.717, 1.165) is 13.0 Å². The van der Waals surface area contributed by atoms with E-state index in [0.29, 0.717) is 0 Å². The van der Waals surface area contributed by atoms with Crippen molar-refractivity contribution in [3.8, 4) is 0 Å². The van der Waals surface area contributed by atoms with Gasteiger partial charge < -0.3 is 10.4 Å². The Kier molecular flexibility index (Phi) is 3.08. The molecule has 0 aliphatic carbocycles. The Hall–Kier alpha value is -0.860. The summed E-state index contributed by atoms with van der Waals surface area (Å²) in [4.78, 5) is 0. The van der Waals surface area contributed by atoms with Crippen molar-refractivity contribution in [3.05, 3.63) is 35.4 Å². The van der Waals surface area contributed by atoms with Crippen LogP contribution in [-0.2, 0) is 5.54 Å². The maximum atomic E-state index is 9.60. The molecule has 2 N–H and O–H groups in total. The molecule has 1 aliphatic heterocycles. The molecule has 1 fully saturated rings. The third-order valence-electron chi connectivity index (χ3n) is 3.37. The van der Waals surface area contributed by atoms with Gasteiger partial charge in [0.25, 0.3) is 0 Å². The largest absolute Gasteiger partial charge is 0.394 e. The van der Waals surface area contributed by atoms with Crippen molar-refractivity contribution in [2.75, 3.05) is 13.2 Å². The Morgan fingerprint density at radius 1 is 1.27 bits per heavy atom. The molecule has 0 saturated carbocycles. The predicted molar refractivity (Wildman–Crippen MR) is 61.8 cm³/mol. The van der Waals surface area contributed by atoms with Gasteiger partial charge >= 0.3 is 0 Å². The summed E-state index contributed by atoms with van der Waals surface area (Å²) in [7, 11) is 0. The zero-order valence-corrected chi connectivity index (χ0v) is 9.29. The van der Waals surface area contributed by atoms with Crippen LogP contribution in [0.3, 0.4) is 0 Å². The summed E-state index contributed by atoms with van der Waals surface area (Å²) in [6.07, 6.45) is 3.45. The molecule has 0 amide bonds. The summed E-state index contributed by atoms with van der Waals surface area (Å²) in [6.45, 7) is 3.29. The Morgan fingerprint density at radius 3 is 2.53 bits per heavy atom. The first kappa shape index (κ1) is 10.7. The SMILES string of the molecule is Cc1ccc(C2(CO)CCCCN2)cc1. The molecule has 1 aromatic carbocycles. The van der Waals surface area contributed by atoms with E-state index < -0.39 is 0 Å². The van der Waals surface area contributed by atoms with Crippen molar-refractivity contribution in [1.82, 2.24) is 5.32 Å². The van der Waals surface area contributed by atoms with Crippen LogP contribution in [0.5, 0.6) is 0 Å². The van der Waals surface area contributed by atoms with Gasteiger partial charge in [0.05, 0.1) is 12.1 Å². The van der Waals surface area contributed by atoms with Crippen LogP contribution in [0.25, 0.3) is 0 Å². The highest BCUT2D eigenvalue weighted by atomic mass is 16.3. The zero-order chi connectivity index (χ0) is 10.7. The molecule has 2 nitrogen and oxygen atoms in total. The fourth-order valence-electron chi connectivity index (χ4n) is 2.31. The molecule has 0 bridgehead atoms. The number of piperidine rings is 1. The number of hydrogen-bond donors (Lipinski definition) is 2. The molecule has 0 aromatic heterocycles. The summed E-state index contributed by atoms with van der Waals surface area (Å²) < 4.78 is 0. The quantitative estimate of drug-likeness (QED) is 0.773. The highest BCUT2D eigenvalue weighted by Crippen LogP contribution is 2.29. The number of rotatable bonds is 2. The van der Waals surface area contributed by atoms with Crippen molar-refractivity contribution in [1.29, 1.82) is 0 Å². The molecule has 0 radical (unpaired) electrons. The second-order valence-electron chi connectivity index (χ2n) is 4.49. The van der Waals surface area contributed by atoms with E-state index in [1.807, 2.05) is 0 Å². The number of aliphatic hydroxyl groups excluding tert-OH is 1. The Morgan fingerprint density at radius 2 is 2.00 bits per heavy atom. The predicted octanol–water partition coefficient (Wildman–Crippen LogP) is 1.96. The minimum absolute atomic E-state index is 0.189. The standard InChI is InChI=1S/C13H19NO/c1-11-4-6-12(7-5-11)13(10-15)8-2-3-9-14-13/h4-7,14-15H,2-3,8-10H2,1H3. The van der Waals surface area contributed by atoms with Gasteiger partial charge in [-0.15, -0.1) is 0 Å². The molecular formula is C13H19NO. The molecule has 1 aromatic rings. The highest BCUT2D eigenvalue weighted by molar-refractivity contribution is 5.28. The van der Waals surface area contributed by atoms with Gasteiger partial charge in [-0.25, -0.2) is 0 Å². The summed E-state index contributed by atoms with van der Waals surface area (Å²) in [5.74, 6) is 0. The Labute approximate surface area is 91.3 Å². The van der Waals surface area contributed by atoms with E-state index in [9.17, 15) is 5.11 Å². The van der Waals surface area contributed by atoms with Gasteiger partial charge in [-0.1, -0.05) is 29.8 Å². The third kappa shape index (κ3) is 2.06. The van der Waals surface area contributed by atoms with Gasteiger partial charge in [-0.3, -0.25) is 0 Å². The van der Waals surface area contributed by atoms with Crippen LogP contribution >= 0.6 is 0 Å². The number of aryl methyl sites for hydroxylation is 1. The van der Waals surface area contributed by atoms with Crippen LogP contribution < -0.4 is 5.32 Å². The number of benzene rings is 1. The minimum Gasteiger partial charge on any atom is -0.394 e. The topological polar surface area (TPSA) is 32.3 Å². The molecule has 15 heavy (non-hydrogen) atoms. The lowest BCUT2D eigenvalue weighted by Gasteiger charge is -2.37. The van der Waals surface area contributed by atoms with Crippen LogP contribution in [0, 0.1) is 6.92 Å². The van der Waals surface area contributed by atoms with Gasteiger partial charge in [0, 0.05) is 0 Å². The first-order valence-electron chi connectivity index (χ1n) is 5.70. The molecular weight excluding hydrogens is 186 g/mol. The van der Waals surface area contributed by atoms with Crippen molar-refractivity contribution in [2.45, 2.75) is 31.7 Å². The monoisotopic (exact) mass is 205 g/mol. The summed E-state index contributed by atoms with van der Waals surface area (Å²) in [5, 5.41) is 13.1. The molecule has 1 atom stereocenters. The normalized spacial score (nSPS) is 26.5. The lowest BCUT2D eigenvalue weighted by Crippen LogP contribution is -2.48. The molecule has 2 heteroatoms. The molecule has 1 unspecified atom stereocenters. The number of hydrogen-bond acceptors (Lipinski definition) is 2. The first-order valence-corrected chi connectivity index (χ1v) is 5.70. The maximum absolute atomic E-state index is 9.60. The second-order valence-corrected chi connectivity index (χ2v) is 4.49. The smallest absolute Gasteiger partial charge is 0.0669 e. The minimum atomic E-state index is -0.189. The Balaban J connectivity index is 2.28. The third-order valence-corrected chi connectivity index (χ3v) is 3.37. The molecule has 1 aliphatic rings. The van der Waals surface area contributed by atoms with Gasteiger partial charge in [0.15, 0.2) is 0 Å². The first-order chi connectivity index (χ1) is 7.27. The van der Waals surface area contributed by atoms with Crippen molar-refractivity contribution >= 4 is 0 Å². The van der Waals surface area contributed by atoms with Crippen LogP contribution in [-0.4, -0.2) is 18.3 Å². The van der Waals surface area contributed by atoms with E-state index >= 15 is 0 Å². The van der Waals surface area contributed by atoms with Crippen molar-refractivity contribution in [3.63, 3.8) is 0 Å². The zero-order valence-electron chi connectivity index (χ0n) is 9.29. The molecule has 1 saturated heterocycles. The van der Waals surface area contributed by atoms with Gasteiger partial charge in [0.1, 0.15) is 0 Å². The van der Waals surface area contributed by atoms with Crippen LogP contribution in [0.15, 0.2) is 24.3 Å². The van der Waals surface area contributed by atoms with Crippen molar-refractivity contribution < 1.29 is 5.11 Å². The van der Waals surface area contributed by atoms with E-state index in [2.05, 4.69) is 36.5 Å². The molecule has 82 valence electrons.